The maximum absolute atomic E-state index is 10.5. The summed E-state index contributed by atoms with van der Waals surface area (Å²) in [6.07, 6.45) is 5.41. The number of ether oxygens (including phenoxy) is 1. The summed E-state index contributed by atoms with van der Waals surface area (Å²) in [5.41, 5.74) is 6.66. The molecule has 0 amide bonds. The summed E-state index contributed by atoms with van der Waals surface area (Å²) < 4.78 is 16.9. The molecule has 0 bridgehead atoms. The van der Waals surface area contributed by atoms with Crippen molar-refractivity contribution in [2.24, 2.45) is 0 Å². The van der Waals surface area contributed by atoms with Gasteiger partial charge in [0.1, 0.15) is 19.0 Å². The van der Waals surface area contributed by atoms with Crippen LogP contribution in [0.3, 0.4) is 0 Å². The molecule has 2 rings (SSSR count). The van der Waals surface area contributed by atoms with E-state index in [0.717, 1.165) is 0 Å². The lowest BCUT2D eigenvalue weighted by Gasteiger charge is -2.02. The van der Waals surface area contributed by atoms with E-state index in [1.807, 2.05) is 0 Å². The van der Waals surface area contributed by atoms with Crippen molar-refractivity contribution >= 4 is 30.8 Å². The summed E-state index contributed by atoms with van der Waals surface area (Å²) in [6, 6.07) is 0. The van der Waals surface area contributed by atoms with Crippen LogP contribution in [-0.2, 0) is 9.30 Å². The van der Waals surface area contributed by atoms with Crippen LogP contribution in [-0.4, -0.2) is 42.3 Å². The Morgan fingerprint density at radius 1 is 1.42 bits per heavy atom. The molecule has 0 saturated heterocycles. The molecule has 2 aromatic heterocycles. The molecule has 0 aliphatic carbocycles. The minimum Gasteiger partial charge on any atom is -0.382 e. The number of aromatic nitrogens is 4. The Morgan fingerprint density at radius 3 is 2.95 bits per heavy atom. The lowest BCUT2D eigenvalue weighted by atomic mass is 10.5. The van der Waals surface area contributed by atoms with E-state index in [4.69, 9.17) is 20.3 Å². The van der Waals surface area contributed by atoms with Gasteiger partial charge < -0.3 is 20.3 Å². The summed E-state index contributed by atoms with van der Waals surface area (Å²) in [6.45, 7) is 0.0609. The van der Waals surface area contributed by atoms with Crippen LogP contribution < -0.4 is 5.73 Å². The first-order valence-corrected chi connectivity index (χ1v) is 6.99. The van der Waals surface area contributed by atoms with E-state index in [1.165, 1.54) is 12.7 Å². The molecule has 0 fully saturated rings. The summed E-state index contributed by atoms with van der Waals surface area (Å²) >= 11 is 0. The van der Waals surface area contributed by atoms with Crippen molar-refractivity contribution in [1.82, 2.24) is 19.5 Å². The van der Waals surface area contributed by atoms with E-state index < -0.39 is 13.9 Å². The zero-order valence-electron chi connectivity index (χ0n) is 9.75. The van der Waals surface area contributed by atoms with Crippen LogP contribution in [0.2, 0.25) is 0 Å². The van der Waals surface area contributed by atoms with E-state index >= 15 is 0 Å². The number of nitrogens with two attached hydrogens (primary N) is 1. The van der Waals surface area contributed by atoms with Gasteiger partial charge in [-0.05, 0) is 6.08 Å². The molecule has 0 aliphatic rings. The molecule has 0 spiro atoms. The molecular formula is C9H12N5O4P. The number of nitrogens with zero attached hydrogens (tertiary/aromatic N) is 4. The number of anilines is 1. The van der Waals surface area contributed by atoms with Gasteiger partial charge >= 0.3 is 7.60 Å². The second-order valence-electron chi connectivity index (χ2n) is 3.63. The summed E-state index contributed by atoms with van der Waals surface area (Å²) in [5.74, 6) is 0.287. The third kappa shape index (κ3) is 3.58. The third-order valence-electron chi connectivity index (χ3n) is 2.13. The highest BCUT2D eigenvalue weighted by atomic mass is 31.2. The van der Waals surface area contributed by atoms with E-state index in [-0.39, 0.29) is 12.4 Å². The SMILES string of the molecule is Nc1ncnc2c1ncn2/C=C/COCP(=O)(O)O. The van der Waals surface area contributed by atoms with E-state index in [1.54, 1.807) is 16.8 Å². The van der Waals surface area contributed by atoms with Crippen LogP contribution in [0.1, 0.15) is 0 Å². The average molecular weight is 285 g/mol. The fraction of sp³-hybridized carbons (Fsp3) is 0.222. The molecule has 10 heteroatoms. The largest absolute Gasteiger partial charge is 0.382 e. The minimum absolute atomic E-state index is 0.0609. The second kappa shape index (κ2) is 5.45. The number of imidazole rings is 1. The van der Waals surface area contributed by atoms with Crippen LogP contribution in [0.25, 0.3) is 17.4 Å². The molecule has 0 aromatic carbocycles. The molecule has 2 aromatic rings. The zero-order valence-corrected chi connectivity index (χ0v) is 10.6. The Hall–Kier alpha value is -1.80. The van der Waals surface area contributed by atoms with Gasteiger partial charge in [-0.15, -0.1) is 0 Å². The molecule has 2 heterocycles. The van der Waals surface area contributed by atoms with Crippen molar-refractivity contribution in [1.29, 1.82) is 0 Å². The quantitative estimate of drug-likeness (QED) is 0.517. The van der Waals surface area contributed by atoms with Crippen molar-refractivity contribution in [3.63, 3.8) is 0 Å². The van der Waals surface area contributed by atoms with Crippen molar-refractivity contribution in [2.75, 3.05) is 18.7 Å². The van der Waals surface area contributed by atoms with Crippen LogP contribution in [0.15, 0.2) is 18.7 Å². The van der Waals surface area contributed by atoms with Crippen molar-refractivity contribution in [3.8, 4) is 0 Å². The Balaban J connectivity index is 2.02. The lowest BCUT2D eigenvalue weighted by molar-refractivity contribution is 0.185. The number of hydrogen-bond acceptors (Lipinski definition) is 6. The second-order valence-corrected chi connectivity index (χ2v) is 5.22. The summed E-state index contributed by atoms with van der Waals surface area (Å²) in [7, 11) is -4.12. The maximum Gasteiger partial charge on any atom is 0.350 e. The van der Waals surface area contributed by atoms with Gasteiger partial charge in [0.15, 0.2) is 17.0 Å². The van der Waals surface area contributed by atoms with Gasteiger partial charge in [0, 0.05) is 6.20 Å². The van der Waals surface area contributed by atoms with E-state index in [2.05, 4.69) is 15.0 Å². The molecule has 4 N–H and O–H groups in total. The number of fused-ring (bicyclic) bond motifs is 1. The van der Waals surface area contributed by atoms with Gasteiger partial charge in [-0.3, -0.25) is 9.13 Å². The first-order chi connectivity index (χ1) is 8.97. The zero-order chi connectivity index (χ0) is 13.9. The first-order valence-electron chi connectivity index (χ1n) is 5.19. The topological polar surface area (TPSA) is 136 Å². The molecule has 0 atom stereocenters. The molecule has 0 aliphatic heterocycles. The number of rotatable bonds is 5. The molecule has 19 heavy (non-hydrogen) atoms. The normalized spacial score (nSPS) is 12.5. The first kappa shape index (κ1) is 13.6. The molecule has 9 nitrogen and oxygen atoms in total. The van der Waals surface area contributed by atoms with Gasteiger partial charge in [0.2, 0.25) is 0 Å². The predicted octanol–water partition coefficient (Wildman–Crippen LogP) is 0.0310. The summed E-state index contributed by atoms with van der Waals surface area (Å²) in [5, 5.41) is 0. The van der Waals surface area contributed by atoms with Crippen LogP contribution in [0.4, 0.5) is 5.82 Å². The standard InChI is InChI=1S/C9H12N5O4P/c10-8-7-9(12-4-11-8)14(5-13-7)2-1-3-18-6-19(15,16)17/h1-2,4-5H,3,6H2,(H2,10,11,12)(H2,15,16,17)/b2-1+. The Morgan fingerprint density at radius 2 is 2.21 bits per heavy atom. The van der Waals surface area contributed by atoms with E-state index in [0.29, 0.717) is 11.2 Å². The predicted molar refractivity (Wildman–Crippen MR) is 67.9 cm³/mol. The average Bonchev–Trinajstić information content (AvgIpc) is 2.72. The van der Waals surface area contributed by atoms with Gasteiger partial charge in [0.05, 0.1) is 6.61 Å². The lowest BCUT2D eigenvalue weighted by Crippen LogP contribution is -1.96. The third-order valence-corrected chi connectivity index (χ3v) is 2.65. The number of nitrogen functional groups attached to an aromatic ring is 1. The highest BCUT2D eigenvalue weighted by Crippen LogP contribution is 2.33. The van der Waals surface area contributed by atoms with Crippen molar-refractivity contribution in [3.05, 3.63) is 18.7 Å². The summed E-state index contributed by atoms with van der Waals surface area (Å²) in [4.78, 5) is 29.1. The smallest absolute Gasteiger partial charge is 0.350 e. The maximum atomic E-state index is 10.5. The fourth-order valence-corrected chi connectivity index (χ4v) is 1.72. The molecule has 0 radical (unpaired) electrons. The van der Waals surface area contributed by atoms with Gasteiger partial charge in [-0.2, -0.15) is 0 Å². The highest BCUT2D eigenvalue weighted by molar-refractivity contribution is 7.51. The van der Waals surface area contributed by atoms with Crippen molar-refractivity contribution < 1.29 is 19.1 Å². The Bertz CT molecular complexity index is 649. The molecule has 0 unspecified atom stereocenters. The molecular weight excluding hydrogens is 273 g/mol. The van der Waals surface area contributed by atoms with Gasteiger partial charge in [0.25, 0.3) is 0 Å². The molecule has 102 valence electrons. The van der Waals surface area contributed by atoms with Crippen molar-refractivity contribution in [2.45, 2.75) is 0 Å². The highest BCUT2D eigenvalue weighted by Gasteiger charge is 2.11. The number of hydrogen-bond donors (Lipinski definition) is 3. The van der Waals surface area contributed by atoms with E-state index in [9.17, 15) is 4.57 Å². The van der Waals surface area contributed by atoms with Crippen LogP contribution in [0.5, 0.6) is 0 Å². The van der Waals surface area contributed by atoms with Gasteiger partial charge in [-0.1, -0.05) is 0 Å². The Kier molecular flexibility index (Phi) is 3.91. The van der Waals surface area contributed by atoms with Crippen LogP contribution >= 0.6 is 7.60 Å². The fourth-order valence-electron chi connectivity index (χ4n) is 1.38. The van der Waals surface area contributed by atoms with Gasteiger partial charge in [-0.25, -0.2) is 15.0 Å². The monoisotopic (exact) mass is 285 g/mol. The molecule has 0 saturated carbocycles. The minimum atomic E-state index is -4.12. The van der Waals surface area contributed by atoms with Crippen LogP contribution in [0, 0.1) is 0 Å². The Labute approximate surface area is 107 Å².